The molecular formula is C14H20N3O9+. The van der Waals surface area contributed by atoms with E-state index in [4.69, 9.17) is 29.2 Å². The highest BCUT2D eigenvalue weighted by molar-refractivity contribution is 5.68. The van der Waals surface area contributed by atoms with Gasteiger partial charge >= 0.3 is 23.9 Å². The highest BCUT2D eigenvalue weighted by Crippen LogP contribution is 2.29. The molecule has 1 heterocycles. The van der Waals surface area contributed by atoms with Crippen molar-refractivity contribution in [3.05, 3.63) is 0 Å². The SMILES string of the molecule is CC(=O)OCC1OC(N=[N+]=N)C(OC(C)=O)C(OC(C)=O)C1OC(C)=O. The summed E-state index contributed by atoms with van der Waals surface area (Å²) in [6, 6.07) is 0. The molecule has 0 saturated carbocycles. The summed E-state index contributed by atoms with van der Waals surface area (Å²) in [5.41, 5.74) is 6.88. The van der Waals surface area contributed by atoms with Crippen LogP contribution < -0.4 is 4.91 Å². The van der Waals surface area contributed by atoms with Gasteiger partial charge in [0.2, 0.25) is 4.91 Å². The molecule has 1 N–H and O–H groups in total. The second-order valence-electron chi connectivity index (χ2n) is 5.31. The van der Waals surface area contributed by atoms with E-state index in [0.29, 0.717) is 0 Å². The second kappa shape index (κ2) is 9.59. The van der Waals surface area contributed by atoms with E-state index in [1.165, 1.54) is 0 Å². The lowest BCUT2D eigenvalue weighted by molar-refractivity contribution is -0.252. The van der Waals surface area contributed by atoms with Crippen molar-refractivity contribution in [3.63, 3.8) is 0 Å². The van der Waals surface area contributed by atoms with E-state index in [0.717, 1.165) is 27.7 Å². The molecule has 1 fully saturated rings. The predicted molar refractivity (Wildman–Crippen MR) is 79.2 cm³/mol. The standard InChI is InChI=1S/C14H20N3O9/c1-6(18)22-5-10-11(23-7(2)19)12(24-8(3)20)13(25-9(4)21)14(26-10)16-17-15/h10-15H,5H2,1-4H3/q+1. The number of nitrogens with one attached hydrogen (secondary N) is 1. The Labute approximate surface area is 148 Å². The van der Waals surface area contributed by atoms with Crippen molar-refractivity contribution in [2.75, 3.05) is 6.61 Å². The molecule has 0 aromatic carbocycles. The van der Waals surface area contributed by atoms with Crippen molar-refractivity contribution in [1.82, 2.24) is 4.91 Å². The Kier molecular flexibility index (Phi) is 7.81. The number of esters is 4. The molecule has 144 valence electrons. The van der Waals surface area contributed by atoms with Gasteiger partial charge in [0.05, 0.1) is 0 Å². The van der Waals surface area contributed by atoms with E-state index in [2.05, 4.69) is 10.0 Å². The molecule has 1 rings (SSSR count). The van der Waals surface area contributed by atoms with Gasteiger partial charge in [-0.15, -0.1) is 0 Å². The minimum absolute atomic E-state index is 0.359. The monoisotopic (exact) mass is 374 g/mol. The fourth-order valence-electron chi connectivity index (χ4n) is 2.36. The highest BCUT2D eigenvalue weighted by Gasteiger charge is 2.54. The maximum absolute atomic E-state index is 11.5. The van der Waals surface area contributed by atoms with E-state index in [1.807, 2.05) is 0 Å². The number of nitrogens with zero attached hydrogens (tertiary/aromatic N) is 2. The smallest absolute Gasteiger partial charge is 0.303 e. The summed E-state index contributed by atoms with van der Waals surface area (Å²) in [5.74, 6) is -2.86. The van der Waals surface area contributed by atoms with Crippen LogP contribution in [0.25, 0.3) is 0 Å². The number of hydrogen-bond donors (Lipinski definition) is 1. The van der Waals surface area contributed by atoms with Crippen molar-refractivity contribution in [2.24, 2.45) is 5.11 Å². The fourth-order valence-corrected chi connectivity index (χ4v) is 2.36. The minimum Gasteiger partial charge on any atom is -0.463 e. The molecule has 12 nitrogen and oxygen atoms in total. The molecular weight excluding hydrogens is 354 g/mol. The van der Waals surface area contributed by atoms with Gasteiger partial charge in [0, 0.05) is 27.7 Å². The van der Waals surface area contributed by atoms with Crippen molar-refractivity contribution in [2.45, 2.75) is 58.3 Å². The number of carbonyl (C=O) groups is 4. The van der Waals surface area contributed by atoms with Gasteiger partial charge in [-0.1, -0.05) is 0 Å². The summed E-state index contributed by atoms with van der Waals surface area (Å²) in [7, 11) is 0. The highest BCUT2D eigenvalue weighted by atomic mass is 16.7. The van der Waals surface area contributed by atoms with Crippen LogP contribution in [0, 0.1) is 5.53 Å². The topological polar surface area (TPSA) is 165 Å². The fraction of sp³-hybridized carbons (Fsp3) is 0.714. The van der Waals surface area contributed by atoms with Crippen LogP contribution in [-0.2, 0) is 42.9 Å². The van der Waals surface area contributed by atoms with Crippen LogP contribution in [-0.4, -0.2) is 61.1 Å². The van der Waals surface area contributed by atoms with Gasteiger partial charge in [-0.25, -0.2) is 0 Å². The first-order chi connectivity index (χ1) is 12.1. The molecule has 1 aliphatic rings. The van der Waals surface area contributed by atoms with Crippen LogP contribution in [0.2, 0.25) is 0 Å². The molecule has 5 unspecified atom stereocenters. The Morgan fingerprint density at radius 3 is 1.85 bits per heavy atom. The van der Waals surface area contributed by atoms with E-state index < -0.39 is 54.5 Å². The lowest BCUT2D eigenvalue weighted by Crippen LogP contribution is -2.61. The van der Waals surface area contributed by atoms with Gasteiger partial charge in [0.25, 0.3) is 6.23 Å². The zero-order valence-corrected chi connectivity index (χ0v) is 14.7. The lowest BCUT2D eigenvalue weighted by atomic mass is 9.97. The van der Waals surface area contributed by atoms with Gasteiger partial charge in [-0.05, 0) is 0 Å². The third-order valence-corrected chi connectivity index (χ3v) is 3.14. The van der Waals surface area contributed by atoms with E-state index >= 15 is 0 Å². The molecule has 12 heteroatoms. The average molecular weight is 374 g/mol. The normalized spacial score (nSPS) is 27.5. The Balaban J connectivity index is 3.28. The number of carbonyl (C=O) groups excluding carboxylic acids is 4. The van der Waals surface area contributed by atoms with Crippen LogP contribution in [0.5, 0.6) is 0 Å². The van der Waals surface area contributed by atoms with Gasteiger partial charge in [0.15, 0.2) is 23.4 Å². The summed E-state index contributed by atoms with van der Waals surface area (Å²) >= 11 is 0. The average Bonchev–Trinajstić information content (AvgIpc) is 2.50. The molecule has 0 radical (unpaired) electrons. The van der Waals surface area contributed by atoms with Crippen molar-refractivity contribution in [3.8, 4) is 0 Å². The summed E-state index contributed by atoms with van der Waals surface area (Å²) in [6.45, 7) is 4.13. The second-order valence-corrected chi connectivity index (χ2v) is 5.31. The van der Waals surface area contributed by atoms with Crippen LogP contribution in [0.15, 0.2) is 5.11 Å². The molecule has 0 bridgehead atoms. The molecule has 0 aromatic rings. The maximum Gasteiger partial charge on any atom is 0.303 e. The Hall–Kier alpha value is -2.85. The van der Waals surface area contributed by atoms with Gasteiger partial charge in [-0.3, -0.25) is 19.2 Å². The van der Waals surface area contributed by atoms with Gasteiger partial charge < -0.3 is 23.7 Å². The molecule has 26 heavy (non-hydrogen) atoms. The zero-order chi connectivity index (χ0) is 19.9. The quantitative estimate of drug-likeness (QED) is 0.282. The molecule has 5 atom stereocenters. The van der Waals surface area contributed by atoms with Gasteiger partial charge in [-0.2, -0.15) is 0 Å². The van der Waals surface area contributed by atoms with Crippen LogP contribution in [0.3, 0.4) is 0 Å². The van der Waals surface area contributed by atoms with E-state index in [-0.39, 0.29) is 6.61 Å². The largest absolute Gasteiger partial charge is 0.463 e. The summed E-state index contributed by atoms with van der Waals surface area (Å²) < 4.78 is 25.8. The Morgan fingerprint density at radius 2 is 1.38 bits per heavy atom. The number of hydrogen-bond acceptors (Lipinski definition) is 11. The summed E-state index contributed by atoms with van der Waals surface area (Å²) in [6.07, 6.45) is -6.34. The molecule has 1 saturated heterocycles. The molecule has 0 aliphatic carbocycles. The zero-order valence-electron chi connectivity index (χ0n) is 14.7. The first kappa shape index (κ1) is 21.2. The molecule has 0 aromatic heterocycles. The summed E-state index contributed by atoms with van der Waals surface area (Å²) in [4.78, 5) is 48.3. The van der Waals surface area contributed by atoms with Crippen LogP contribution in [0.1, 0.15) is 27.7 Å². The third-order valence-electron chi connectivity index (χ3n) is 3.14. The number of ether oxygens (including phenoxy) is 5. The molecule has 1 aliphatic heterocycles. The Morgan fingerprint density at radius 1 is 0.885 bits per heavy atom. The maximum atomic E-state index is 11.5. The van der Waals surface area contributed by atoms with Gasteiger partial charge in [0.1, 0.15) is 18.2 Å². The van der Waals surface area contributed by atoms with Crippen LogP contribution >= 0.6 is 0 Å². The first-order valence-corrected chi connectivity index (χ1v) is 7.52. The number of rotatable bonds is 6. The lowest BCUT2D eigenvalue weighted by Gasteiger charge is -2.41. The Bertz CT molecular complexity index is 617. The van der Waals surface area contributed by atoms with Crippen molar-refractivity contribution < 1.29 is 42.9 Å². The summed E-state index contributed by atoms with van der Waals surface area (Å²) in [5, 5.41) is 3.49. The van der Waals surface area contributed by atoms with Crippen molar-refractivity contribution >= 4 is 23.9 Å². The van der Waals surface area contributed by atoms with Crippen LogP contribution in [0.4, 0.5) is 0 Å². The predicted octanol–water partition coefficient (Wildman–Crippen LogP) is -0.380. The first-order valence-electron chi connectivity index (χ1n) is 7.52. The molecule has 0 amide bonds. The van der Waals surface area contributed by atoms with E-state index in [9.17, 15) is 19.2 Å². The molecule has 0 spiro atoms. The van der Waals surface area contributed by atoms with E-state index in [1.54, 1.807) is 0 Å². The van der Waals surface area contributed by atoms with Crippen molar-refractivity contribution in [1.29, 1.82) is 5.53 Å². The minimum atomic E-state index is -1.34. The third kappa shape index (κ3) is 6.22.